The zero-order valence-corrected chi connectivity index (χ0v) is 15.6. The maximum absolute atomic E-state index is 2.43. The maximum atomic E-state index is 2.43. The lowest BCUT2D eigenvalue weighted by Crippen LogP contribution is -2.23. The van der Waals surface area contributed by atoms with E-state index in [-0.39, 0.29) is 5.41 Å². The van der Waals surface area contributed by atoms with Crippen LogP contribution in [-0.4, -0.2) is 0 Å². The molecule has 0 saturated heterocycles. The van der Waals surface area contributed by atoms with E-state index in [0.29, 0.717) is 0 Å². The van der Waals surface area contributed by atoms with Gasteiger partial charge in [-0.25, -0.2) is 0 Å². The van der Waals surface area contributed by atoms with Crippen LogP contribution in [0.3, 0.4) is 0 Å². The molecule has 0 bridgehead atoms. The van der Waals surface area contributed by atoms with Gasteiger partial charge in [0.05, 0.1) is 0 Å². The predicted molar refractivity (Wildman–Crippen MR) is 117 cm³/mol. The third kappa shape index (κ3) is 1.88. The fourth-order valence-corrected chi connectivity index (χ4v) is 5.03. The molecule has 6 rings (SSSR count). The SMILES string of the molecule is CC1(C)c2cc3ccc4ccccc4c3cc2-c2cccc3cccc1c23. The van der Waals surface area contributed by atoms with Crippen LogP contribution < -0.4 is 0 Å². The molecule has 0 amide bonds. The molecule has 0 aromatic heterocycles. The summed E-state index contributed by atoms with van der Waals surface area (Å²) in [5, 5.41) is 8.06. The van der Waals surface area contributed by atoms with Crippen molar-refractivity contribution in [1.82, 2.24) is 0 Å². The summed E-state index contributed by atoms with van der Waals surface area (Å²) in [7, 11) is 0. The Balaban J connectivity index is 1.84. The molecule has 5 aromatic rings. The number of hydrogen-bond donors (Lipinski definition) is 0. The van der Waals surface area contributed by atoms with E-state index in [4.69, 9.17) is 0 Å². The van der Waals surface area contributed by atoms with Gasteiger partial charge in [-0.15, -0.1) is 0 Å². The summed E-state index contributed by atoms with van der Waals surface area (Å²) in [6, 6.07) is 31.5. The first-order valence-electron chi connectivity index (χ1n) is 9.63. The van der Waals surface area contributed by atoms with Gasteiger partial charge >= 0.3 is 0 Å². The van der Waals surface area contributed by atoms with Crippen LogP contribution in [0.4, 0.5) is 0 Å². The number of hydrogen-bond acceptors (Lipinski definition) is 0. The van der Waals surface area contributed by atoms with Crippen LogP contribution in [0.25, 0.3) is 43.4 Å². The Bertz CT molecular complexity index is 1380. The molecule has 0 unspecified atom stereocenters. The van der Waals surface area contributed by atoms with Crippen molar-refractivity contribution in [3.05, 3.63) is 96.1 Å². The molecule has 5 aromatic carbocycles. The van der Waals surface area contributed by atoms with Gasteiger partial charge in [0.25, 0.3) is 0 Å². The van der Waals surface area contributed by atoms with Gasteiger partial charge < -0.3 is 0 Å². The molecule has 0 heterocycles. The number of benzene rings is 5. The Morgan fingerprint density at radius 3 is 2.15 bits per heavy atom. The minimum absolute atomic E-state index is 0.0109. The summed E-state index contributed by atoms with van der Waals surface area (Å²) >= 11 is 0. The molecular formula is C27H20. The fourth-order valence-electron chi connectivity index (χ4n) is 5.03. The summed E-state index contributed by atoms with van der Waals surface area (Å²) < 4.78 is 0. The summed E-state index contributed by atoms with van der Waals surface area (Å²) in [5.74, 6) is 0. The second-order valence-electron chi connectivity index (χ2n) is 8.24. The molecule has 128 valence electrons. The van der Waals surface area contributed by atoms with Gasteiger partial charge in [0, 0.05) is 5.41 Å². The van der Waals surface area contributed by atoms with Crippen molar-refractivity contribution in [2.45, 2.75) is 19.3 Å². The normalized spacial score (nSPS) is 14.6. The van der Waals surface area contributed by atoms with E-state index in [1.54, 1.807) is 0 Å². The fraction of sp³-hybridized carbons (Fsp3) is 0.111. The van der Waals surface area contributed by atoms with Crippen LogP contribution in [0.2, 0.25) is 0 Å². The molecule has 27 heavy (non-hydrogen) atoms. The Morgan fingerprint density at radius 1 is 0.519 bits per heavy atom. The molecule has 0 aliphatic heterocycles. The Hall–Kier alpha value is -3.12. The third-order valence-corrected chi connectivity index (χ3v) is 6.42. The van der Waals surface area contributed by atoms with Crippen molar-refractivity contribution in [3.8, 4) is 11.1 Å². The average Bonchev–Trinajstić information content (AvgIpc) is 2.71. The van der Waals surface area contributed by atoms with Gasteiger partial charge in [0.15, 0.2) is 0 Å². The minimum atomic E-state index is -0.0109. The van der Waals surface area contributed by atoms with E-state index in [1.165, 1.54) is 54.6 Å². The minimum Gasteiger partial charge on any atom is -0.0616 e. The first kappa shape index (κ1) is 15.0. The summed E-state index contributed by atoms with van der Waals surface area (Å²) in [6.07, 6.45) is 0. The van der Waals surface area contributed by atoms with Gasteiger partial charge in [-0.1, -0.05) is 86.6 Å². The Labute approximate surface area is 159 Å². The lowest BCUT2D eigenvalue weighted by molar-refractivity contribution is 0.646. The van der Waals surface area contributed by atoms with Crippen LogP contribution in [0.15, 0.2) is 84.9 Å². The van der Waals surface area contributed by atoms with Crippen LogP contribution >= 0.6 is 0 Å². The summed E-state index contributed by atoms with van der Waals surface area (Å²) in [4.78, 5) is 0. The summed E-state index contributed by atoms with van der Waals surface area (Å²) in [6.45, 7) is 4.73. The van der Waals surface area contributed by atoms with Crippen molar-refractivity contribution in [1.29, 1.82) is 0 Å². The van der Waals surface area contributed by atoms with Crippen molar-refractivity contribution >= 4 is 32.3 Å². The van der Waals surface area contributed by atoms with E-state index in [2.05, 4.69) is 98.8 Å². The molecule has 0 fully saturated rings. The van der Waals surface area contributed by atoms with Gasteiger partial charge in [0.1, 0.15) is 0 Å². The van der Waals surface area contributed by atoms with Crippen molar-refractivity contribution in [2.75, 3.05) is 0 Å². The highest BCUT2D eigenvalue weighted by Gasteiger charge is 2.33. The number of rotatable bonds is 0. The second-order valence-corrected chi connectivity index (χ2v) is 8.24. The zero-order valence-electron chi connectivity index (χ0n) is 15.6. The second kappa shape index (κ2) is 4.98. The van der Waals surface area contributed by atoms with Crippen LogP contribution in [-0.2, 0) is 5.41 Å². The van der Waals surface area contributed by atoms with E-state index >= 15 is 0 Å². The molecule has 0 nitrogen and oxygen atoms in total. The van der Waals surface area contributed by atoms with E-state index in [0.717, 1.165) is 0 Å². The first-order valence-corrected chi connectivity index (χ1v) is 9.63. The molecule has 0 saturated carbocycles. The highest BCUT2D eigenvalue weighted by molar-refractivity contribution is 6.12. The molecular weight excluding hydrogens is 324 g/mol. The van der Waals surface area contributed by atoms with Gasteiger partial charge in [-0.05, 0) is 66.7 Å². The van der Waals surface area contributed by atoms with Crippen LogP contribution in [0.1, 0.15) is 25.0 Å². The van der Waals surface area contributed by atoms with E-state index in [1.807, 2.05) is 0 Å². The summed E-state index contributed by atoms with van der Waals surface area (Å²) in [5.41, 5.74) is 5.60. The Morgan fingerprint density at radius 2 is 1.26 bits per heavy atom. The molecule has 1 aliphatic carbocycles. The van der Waals surface area contributed by atoms with Gasteiger partial charge in [-0.3, -0.25) is 0 Å². The standard InChI is InChI=1S/C27H20/c1-27(2)24-12-6-9-18-8-5-11-21(26(18)24)23-16-22-19(15-25(23)27)14-13-17-7-3-4-10-20(17)22/h3-16H,1-2H3. The third-order valence-electron chi connectivity index (χ3n) is 6.42. The average molecular weight is 344 g/mol. The van der Waals surface area contributed by atoms with Gasteiger partial charge in [0.2, 0.25) is 0 Å². The van der Waals surface area contributed by atoms with Crippen LogP contribution in [0, 0.1) is 0 Å². The molecule has 0 atom stereocenters. The maximum Gasteiger partial charge on any atom is 0.0159 e. The highest BCUT2D eigenvalue weighted by Crippen LogP contribution is 2.49. The topological polar surface area (TPSA) is 0 Å². The smallest absolute Gasteiger partial charge is 0.0159 e. The monoisotopic (exact) mass is 344 g/mol. The lowest BCUT2D eigenvalue weighted by atomic mass is 9.68. The van der Waals surface area contributed by atoms with E-state index < -0.39 is 0 Å². The van der Waals surface area contributed by atoms with Crippen molar-refractivity contribution in [2.24, 2.45) is 0 Å². The van der Waals surface area contributed by atoms with Gasteiger partial charge in [-0.2, -0.15) is 0 Å². The number of fused-ring (bicyclic) bond motifs is 5. The largest absolute Gasteiger partial charge is 0.0616 e. The van der Waals surface area contributed by atoms with Crippen molar-refractivity contribution in [3.63, 3.8) is 0 Å². The highest BCUT2D eigenvalue weighted by atomic mass is 14.4. The van der Waals surface area contributed by atoms with Crippen molar-refractivity contribution < 1.29 is 0 Å². The first-order chi connectivity index (χ1) is 13.1. The molecule has 0 radical (unpaired) electrons. The van der Waals surface area contributed by atoms with E-state index in [9.17, 15) is 0 Å². The Kier molecular flexibility index (Phi) is 2.77. The molecule has 0 N–H and O–H groups in total. The zero-order chi connectivity index (χ0) is 18.2. The lowest BCUT2D eigenvalue weighted by Gasteiger charge is -2.35. The molecule has 0 spiro atoms. The molecule has 1 aliphatic rings. The van der Waals surface area contributed by atoms with Crippen LogP contribution in [0.5, 0.6) is 0 Å². The quantitative estimate of drug-likeness (QED) is 0.256. The molecule has 0 heteroatoms. The predicted octanol–water partition coefficient (Wildman–Crippen LogP) is 7.45.